The van der Waals surface area contributed by atoms with Crippen molar-refractivity contribution in [3.05, 3.63) is 17.7 Å². The molecule has 0 spiro atoms. The van der Waals surface area contributed by atoms with E-state index in [0.717, 1.165) is 5.56 Å². The third-order valence-electron chi connectivity index (χ3n) is 2.42. The van der Waals surface area contributed by atoms with Gasteiger partial charge in [0.1, 0.15) is 4.83 Å². The number of esters is 1. The van der Waals surface area contributed by atoms with Gasteiger partial charge in [0.2, 0.25) is 5.75 Å². The Hall–Kier alpha value is -1.23. The molecule has 0 radical (unpaired) electrons. The molecule has 1 aromatic rings. The molecule has 0 fully saturated rings. The fourth-order valence-corrected chi connectivity index (χ4v) is 1.54. The molecule has 0 aliphatic rings. The predicted octanol–water partition coefficient (Wildman–Crippen LogP) is 3.09. The van der Waals surface area contributed by atoms with Crippen molar-refractivity contribution in [2.45, 2.75) is 25.1 Å². The van der Waals surface area contributed by atoms with Crippen molar-refractivity contribution in [2.75, 3.05) is 14.2 Å². The molecule has 0 aliphatic heterocycles. The monoisotopic (exact) mass is 316 g/mol. The lowest BCUT2D eigenvalue weighted by molar-refractivity contribution is -0.133. The summed E-state index contributed by atoms with van der Waals surface area (Å²) in [5.41, 5.74) is 0.967. The van der Waals surface area contributed by atoms with Gasteiger partial charge in [-0.1, -0.05) is 22.9 Å². The van der Waals surface area contributed by atoms with Gasteiger partial charge in [0.25, 0.3) is 0 Å². The predicted molar refractivity (Wildman–Crippen MR) is 72.9 cm³/mol. The minimum Gasteiger partial charge on any atom is -0.493 e. The molecular weight excluding hydrogens is 300 g/mol. The van der Waals surface area contributed by atoms with Crippen LogP contribution in [0, 0.1) is 6.92 Å². The number of benzene rings is 1. The molecule has 1 rings (SSSR count). The number of carbonyl (C=O) groups excluding carboxylic acids is 1. The molecule has 0 saturated heterocycles. The molecule has 0 aliphatic carbocycles. The van der Waals surface area contributed by atoms with Gasteiger partial charge in [0.15, 0.2) is 11.5 Å². The summed E-state index contributed by atoms with van der Waals surface area (Å²) in [4.78, 5) is 11.4. The van der Waals surface area contributed by atoms with Gasteiger partial charge in [-0.2, -0.15) is 0 Å². The van der Waals surface area contributed by atoms with E-state index in [-0.39, 0.29) is 10.8 Å². The van der Waals surface area contributed by atoms with Crippen molar-refractivity contribution in [1.82, 2.24) is 0 Å². The molecule has 0 saturated carbocycles. The zero-order valence-electron chi connectivity index (χ0n) is 11.0. The smallest absolute Gasteiger partial charge is 0.325 e. The van der Waals surface area contributed by atoms with Gasteiger partial charge in [-0.25, -0.2) is 0 Å². The van der Waals surface area contributed by atoms with Gasteiger partial charge in [-0.3, -0.25) is 4.79 Å². The molecule has 100 valence electrons. The van der Waals surface area contributed by atoms with E-state index >= 15 is 0 Å². The Labute approximate surface area is 115 Å². The number of rotatable bonds is 5. The van der Waals surface area contributed by atoms with Gasteiger partial charge < -0.3 is 14.2 Å². The fraction of sp³-hybridized carbons (Fsp3) is 0.462. The first-order chi connectivity index (χ1) is 8.53. The molecule has 4 nitrogen and oxygen atoms in total. The van der Waals surface area contributed by atoms with Crippen LogP contribution in [0.3, 0.4) is 0 Å². The van der Waals surface area contributed by atoms with Crippen molar-refractivity contribution >= 4 is 21.9 Å². The number of hydrogen-bond donors (Lipinski definition) is 0. The number of methoxy groups -OCH3 is 2. The summed E-state index contributed by atoms with van der Waals surface area (Å²) in [5, 5.41) is 0. The first-order valence-electron chi connectivity index (χ1n) is 5.61. The van der Waals surface area contributed by atoms with E-state index < -0.39 is 0 Å². The summed E-state index contributed by atoms with van der Waals surface area (Å²) in [6.45, 7) is 3.81. The maximum atomic E-state index is 11.8. The molecule has 0 bridgehead atoms. The van der Waals surface area contributed by atoms with Crippen LogP contribution in [0.25, 0.3) is 0 Å². The summed E-state index contributed by atoms with van der Waals surface area (Å²) in [5.74, 6) is 0.915. The van der Waals surface area contributed by atoms with Crippen LogP contribution in [-0.2, 0) is 4.79 Å². The van der Waals surface area contributed by atoms with E-state index in [0.29, 0.717) is 23.7 Å². The lowest BCUT2D eigenvalue weighted by atomic mass is 10.2. The maximum absolute atomic E-state index is 11.8. The number of ether oxygens (including phenoxy) is 3. The number of hydrogen-bond acceptors (Lipinski definition) is 4. The molecule has 1 atom stereocenters. The molecular formula is C13H17BrO4. The Morgan fingerprint density at radius 3 is 2.17 bits per heavy atom. The van der Waals surface area contributed by atoms with E-state index in [1.807, 2.05) is 13.8 Å². The maximum Gasteiger partial charge on any atom is 0.325 e. The Morgan fingerprint density at radius 2 is 1.78 bits per heavy atom. The first-order valence-corrected chi connectivity index (χ1v) is 6.53. The average molecular weight is 317 g/mol. The third kappa shape index (κ3) is 3.38. The van der Waals surface area contributed by atoms with Crippen molar-refractivity contribution in [3.63, 3.8) is 0 Å². The normalized spacial score (nSPS) is 11.8. The number of halogens is 1. The van der Waals surface area contributed by atoms with E-state index in [9.17, 15) is 4.79 Å². The Morgan fingerprint density at radius 1 is 1.28 bits per heavy atom. The molecule has 0 N–H and O–H groups in total. The summed E-state index contributed by atoms with van der Waals surface area (Å²) in [7, 11) is 3.05. The highest BCUT2D eigenvalue weighted by Crippen LogP contribution is 2.38. The Bertz CT molecular complexity index is 406. The molecule has 1 unspecified atom stereocenters. The van der Waals surface area contributed by atoms with E-state index in [1.165, 1.54) is 14.2 Å². The van der Waals surface area contributed by atoms with Gasteiger partial charge in [0, 0.05) is 0 Å². The molecule has 5 heteroatoms. The second kappa shape index (κ2) is 6.64. The van der Waals surface area contributed by atoms with Gasteiger partial charge in [-0.15, -0.1) is 0 Å². The highest BCUT2D eigenvalue weighted by Gasteiger charge is 2.20. The second-order valence-corrected chi connectivity index (χ2v) is 4.90. The highest BCUT2D eigenvalue weighted by molar-refractivity contribution is 9.10. The van der Waals surface area contributed by atoms with Crippen LogP contribution >= 0.6 is 15.9 Å². The summed E-state index contributed by atoms with van der Waals surface area (Å²) in [6.07, 6.45) is 0.648. The van der Waals surface area contributed by atoms with Gasteiger partial charge in [-0.05, 0) is 31.0 Å². The SMILES string of the molecule is CCC(Br)C(=O)Oc1c(OC)cc(C)cc1OC. The van der Waals surface area contributed by atoms with Crippen molar-refractivity contribution < 1.29 is 19.0 Å². The van der Waals surface area contributed by atoms with Crippen LogP contribution < -0.4 is 14.2 Å². The van der Waals surface area contributed by atoms with Crippen molar-refractivity contribution in [3.8, 4) is 17.2 Å². The summed E-state index contributed by atoms with van der Waals surface area (Å²) < 4.78 is 15.8. The minimum atomic E-state index is -0.363. The quantitative estimate of drug-likeness (QED) is 0.475. The Kier molecular flexibility index (Phi) is 5.47. The van der Waals surface area contributed by atoms with E-state index in [2.05, 4.69) is 15.9 Å². The number of aryl methyl sites for hydroxylation is 1. The van der Waals surface area contributed by atoms with Crippen molar-refractivity contribution in [2.24, 2.45) is 0 Å². The van der Waals surface area contributed by atoms with Crippen LogP contribution in [-0.4, -0.2) is 25.0 Å². The van der Waals surface area contributed by atoms with Crippen LogP contribution in [0.5, 0.6) is 17.2 Å². The largest absolute Gasteiger partial charge is 0.493 e. The van der Waals surface area contributed by atoms with E-state index in [4.69, 9.17) is 14.2 Å². The summed E-state index contributed by atoms with van der Waals surface area (Å²) >= 11 is 3.25. The van der Waals surface area contributed by atoms with Gasteiger partial charge in [0.05, 0.1) is 14.2 Å². The molecule has 18 heavy (non-hydrogen) atoms. The molecule has 1 aromatic carbocycles. The highest BCUT2D eigenvalue weighted by atomic mass is 79.9. The second-order valence-electron chi connectivity index (χ2n) is 3.80. The Balaban J connectivity index is 3.09. The zero-order valence-corrected chi connectivity index (χ0v) is 12.5. The molecule has 0 amide bonds. The topological polar surface area (TPSA) is 44.8 Å². The van der Waals surface area contributed by atoms with E-state index in [1.54, 1.807) is 12.1 Å². The zero-order chi connectivity index (χ0) is 13.7. The number of carbonyl (C=O) groups is 1. The van der Waals surface area contributed by atoms with Crippen LogP contribution in [0.1, 0.15) is 18.9 Å². The van der Waals surface area contributed by atoms with Crippen LogP contribution in [0.15, 0.2) is 12.1 Å². The summed E-state index contributed by atoms with van der Waals surface area (Å²) in [6, 6.07) is 3.58. The lowest BCUT2D eigenvalue weighted by Crippen LogP contribution is -2.20. The lowest BCUT2D eigenvalue weighted by Gasteiger charge is -2.15. The fourth-order valence-electron chi connectivity index (χ4n) is 1.44. The van der Waals surface area contributed by atoms with Crippen LogP contribution in [0.4, 0.5) is 0 Å². The van der Waals surface area contributed by atoms with Crippen LogP contribution in [0.2, 0.25) is 0 Å². The first kappa shape index (κ1) is 14.8. The number of alkyl halides is 1. The standard InChI is InChI=1S/C13H17BrO4/c1-5-9(14)13(15)18-12-10(16-3)6-8(2)7-11(12)17-4/h6-7,9H,5H2,1-4H3. The molecule has 0 heterocycles. The minimum absolute atomic E-state index is 0.313. The average Bonchev–Trinajstić information content (AvgIpc) is 2.38. The molecule has 0 aromatic heterocycles. The van der Waals surface area contributed by atoms with Gasteiger partial charge >= 0.3 is 5.97 Å². The third-order valence-corrected chi connectivity index (χ3v) is 3.44. The van der Waals surface area contributed by atoms with Crippen molar-refractivity contribution in [1.29, 1.82) is 0 Å².